The maximum Gasteiger partial charge on any atom is 0.227 e. The van der Waals surface area contributed by atoms with E-state index in [-0.39, 0.29) is 36.8 Å². The number of anilines is 1. The van der Waals surface area contributed by atoms with Gasteiger partial charge in [0.05, 0.1) is 5.41 Å². The molecular weight excluding hydrogens is 373 g/mol. The van der Waals surface area contributed by atoms with Gasteiger partial charge in [0.2, 0.25) is 5.91 Å². The Balaban J connectivity index is 0.00000312. The zero-order chi connectivity index (χ0) is 17.7. The molecule has 1 aliphatic rings. The number of hydrogen-bond acceptors (Lipinski definition) is 5. The molecule has 3 N–H and O–H groups in total. The van der Waals surface area contributed by atoms with Gasteiger partial charge >= 0.3 is 0 Å². The summed E-state index contributed by atoms with van der Waals surface area (Å²) in [6, 6.07) is 2.25. The molecule has 1 aromatic heterocycles. The van der Waals surface area contributed by atoms with Crippen molar-refractivity contribution in [2.24, 2.45) is 11.1 Å². The van der Waals surface area contributed by atoms with Gasteiger partial charge in [0, 0.05) is 37.4 Å². The number of carbonyl (C=O) groups is 1. The first-order chi connectivity index (χ1) is 11.4. The fraction of sp³-hybridized carbons (Fsp3) is 0.722. The third-order valence-corrected chi connectivity index (χ3v) is 5.33. The Bertz CT molecular complexity index is 544. The average Bonchev–Trinajstić information content (AvgIpc) is 2.57. The zero-order valence-electron chi connectivity index (χ0n) is 16.2. The van der Waals surface area contributed by atoms with Crippen LogP contribution in [0.4, 0.5) is 5.82 Å². The van der Waals surface area contributed by atoms with Crippen molar-refractivity contribution < 1.29 is 4.79 Å². The molecule has 0 bridgehead atoms. The van der Waals surface area contributed by atoms with Crippen molar-refractivity contribution in [1.82, 2.24) is 15.3 Å². The number of nitrogens with one attached hydrogen (secondary N) is 1. The van der Waals surface area contributed by atoms with Crippen LogP contribution in [0.5, 0.6) is 0 Å². The molecule has 1 aliphatic heterocycles. The summed E-state index contributed by atoms with van der Waals surface area (Å²) in [6.45, 7) is 10.2. The lowest BCUT2D eigenvalue weighted by Crippen LogP contribution is -2.51. The monoisotopic (exact) mass is 405 g/mol. The van der Waals surface area contributed by atoms with Crippen molar-refractivity contribution in [2.45, 2.75) is 59.4 Å². The van der Waals surface area contributed by atoms with Crippen molar-refractivity contribution in [3.8, 4) is 0 Å². The van der Waals surface area contributed by atoms with E-state index in [4.69, 9.17) is 5.73 Å². The van der Waals surface area contributed by atoms with Crippen LogP contribution in [0, 0.1) is 19.3 Å². The molecule has 1 aromatic rings. The second kappa shape index (κ2) is 10.9. The summed E-state index contributed by atoms with van der Waals surface area (Å²) in [6.07, 6.45) is 3.43. The van der Waals surface area contributed by atoms with E-state index in [2.05, 4.69) is 20.2 Å². The van der Waals surface area contributed by atoms with Crippen LogP contribution >= 0.6 is 24.8 Å². The summed E-state index contributed by atoms with van der Waals surface area (Å²) in [4.78, 5) is 23.8. The summed E-state index contributed by atoms with van der Waals surface area (Å²) in [7, 11) is 0. The molecule has 1 amide bonds. The molecule has 26 heavy (non-hydrogen) atoms. The summed E-state index contributed by atoms with van der Waals surface area (Å²) in [5.74, 6) is 1.91. The quantitative estimate of drug-likeness (QED) is 0.759. The van der Waals surface area contributed by atoms with E-state index in [0.29, 0.717) is 6.54 Å². The topological polar surface area (TPSA) is 84.1 Å². The Kier molecular flexibility index (Phi) is 10.4. The van der Waals surface area contributed by atoms with Gasteiger partial charge < -0.3 is 16.0 Å². The van der Waals surface area contributed by atoms with Gasteiger partial charge in [-0.15, -0.1) is 24.8 Å². The Morgan fingerprint density at radius 1 is 1.23 bits per heavy atom. The van der Waals surface area contributed by atoms with E-state index in [1.807, 2.05) is 33.8 Å². The molecule has 2 heterocycles. The van der Waals surface area contributed by atoms with E-state index >= 15 is 0 Å². The third kappa shape index (κ3) is 5.69. The molecule has 0 aliphatic carbocycles. The molecule has 0 spiro atoms. The Labute approximate surface area is 169 Å². The average molecular weight is 406 g/mol. The molecule has 8 heteroatoms. The third-order valence-electron chi connectivity index (χ3n) is 5.33. The molecule has 0 radical (unpaired) electrons. The number of aromatic nitrogens is 2. The maximum atomic E-state index is 12.6. The van der Waals surface area contributed by atoms with E-state index < -0.39 is 5.41 Å². The smallest absolute Gasteiger partial charge is 0.227 e. The fourth-order valence-corrected chi connectivity index (χ4v) is 3.40. The maximum absolute atomic E-state index is 12.6. The number of piperidine rings is 1. The molecule has 2 rings (SSSR count). The first-order valence-corrected chi connectivity index (χ1v) is 9.02. The van der Waals surface area contributed by atoms with Crippen molar-refractivity contribution in [1.29, 1.82) is 0 Å². The largest absolute Gasteiger partial charge is 0.356 e. The Hall–Kier alpha value is -1.11. The van der Waals surface area contributed by atoms with Crippen molar-refractivity contribution >= 4 is 36.5 Å². The number of halogens is 2. The standard InChI is InChI=1S/C18H31N5O.2ClH/c1-5-18(6-2,12-19)17(24)22-15-7-9-23(10-8-15)16-11-13(3)20-14(4)21-16;;/h11,15H,5-10,12,19H2,1-4H3,(H,22,24);2*1H. The Morgan fingerprint density at radius 2 is 1.81 bits per heavy atom. The normalized spacial score (nSPS) is 15.0. The van der Waals surface area contributed by atoms with Crippen LogP contribution < -0.4 is 16.0 Å². The predicted octanol–water partition coefficient (Wildman–Crippen LogP) is 2.79. The minimum atomic E-state index is -0.419. The predicted molar refractivity (Wildman–Crippen MR) is 111 cm³/mol. The summed E-state index contributed by atoms with van der Waals surface area (Å²) < 4.78 is 0. The van der Waals surface area contributed by atoms with Crippen LogP contribution in [0.3, 0.4) is 0 Å². The van der Waals surface area contributed by atoms with Gasteiger partial charge in [0.1, 0.15) is 11.6 Å². The van der Waals surface area contributed by atoms with Gasteiger partial charge in [-0.2, -0.15) is 0 Å². The number of hydrogen-bond donors (Lipinski definition) is 2. The second-order valence-corrected chi connectivity index (χ2v) is 6.84. The highest BCUT2D eigenvalue weighted by molar-refractivity contribution is 5.85. The molecule has 0 saturated carbocycles. The Morgan fingerprint density at radius 3 is 2.27 bits per heavy atom. The SMILES string of the molecule is CCC(CC)(CN)C(=O)NC1CCN(c2cc(C)nc(C)n2)CC1.Cl.Cl. The molecule has 0 atom stereocenters. The van der Waals surface area contributed by atoms with Gasteiger partial charge in [-0.25, -0.2) is 9.97 Å². The van der Waals surface area contributed by atoms with Gasteiger partial charge in [-0.3, -0.25) is 4.79 Å². The molecule has 1 saturated heterocycles. The molecule has 150 valence electrons. The van der Waals surface area contributed by atoms with Gasteiger partial charge in [0.25, 0.3) is 0 Å². The van der Waals surface area contributed by atoms with E-state index in [9.17, 15) is 4.79 Å². The van der Waals surface area contributed by atoms with Crippen LogP contribution in [0.15, 0.2) is 6.07 Å². The molecule has 6 nitrogen and oxygen atoms in total. The lowest BCUT2D eigenvalue weighted by molar-refractivity contribution is -0.131. The van der Waals surface area contributed by atoms with Crippen molar-refractivity contribution in [3.63, 3.8) is 0 Å². The highest BCUT2D eigenvalue weighted by atomic mass is 35.5. The lowest BCUT2D eigenvalue weighted by Gasteiger charge is -2.36. The highest BCUT2D eigenvalue weighted by Gasteiger charge is 2.35. The van der Waals surface area contributed by atoms with E-state index in [1.165, 1.54) is 0 Å². The molecular formula is C18H33Cl2N5O. The number of carbonyl (C=O) groups excluding carboxylic acids is 1. The van der Waals surface area contributed by atoms with Gasteiger partial charge in [-0.1, -0.05) is 13.8 Å². The minimum absolute atomic E-state index is 0. The van der Waals surface area contributed by atoms with Gasteiger partial charge in [0.15, 0.2) is 0 Å². The number of rotatable bonds is 6. The highest BCUT2D eigenvalue weighted by Crippen LogP contribution is 2.26. The van der Waals surface area contributed by atoms with Crippen LogP contribution in [0.1, 0.15) is 51.0 Å². The first-order valence-electron chi connectivity index (χ1n) is 9.02. The summed E-state index contributed by atoms with van der Waals surface area (Å²) in [5, 5.41) is 3.23. The molecule has 0 unspecified atom stereocenters. The molecule has 0 aromatic carbocycles. The minimum Gasteiger partial charge on any atom is -0.356 e. The summed E-state index contributed by atoms with van der Waals surface area (Å²) >= 11 is 0. The van der Waals surface area contributed by atoms with Crippen LogP contribution in [0.25, 0.3) is 0 Å². The fourth-order valence-electron chi connectivity index (χ4n) is 3.40. The lowest BCUT2D eigenvalue weighted by atomic mass is 9.81. The second-order valence-electron chi connectivity index (χ2n) is 6.84. The van der Waals surface area contributed by atoms with Crippen molar-refractivity contribution in [2.75, 3.05) is 24.5 Å². The first kappa shape index (κ1) is 24.9. The van der Waals surface area contributed by atoms with Crippen LogP contribution in [0.2, 0.25) is 0 Å². The number of aryl methyl sites for hydroxylation is 2. The van der Waals surface area contributed by atoms with Gasteiger partial charge in [-0.05, 0) is 39.5 Å². The molecule has 1 fully saturated rings. The van der Waals surface area contributed by atoms with E-state index in [0.717, 1.165) is 56.1 Å². The number of nitrogens with zero attached hydrogens (tertiary/aromatic N) is 3. The van der Waals surface area contributed by atoms with Crippen molar-refractivity contribution in [3.05, 3.63) is 17.6 Å². The number of amides is 1. The summed E-state index contributed by atoms with van der Waals surface area (Å²) in [5.41, 5.74) is 6.45. The zero-order valence-corrected chi connectivity index (χ0v) is 17.9. The number of nitrogens with two attached hydrogens (primary N) is 1. The van der Waals surface area contributed by atoms with Crippen LogP contribution in [-0.2, 0) is 4.79 Å². The van der Waals surface area contributed by atoms with Crippen LogP contribution in [-0.4, -0.2) is 41.6 Å². The van der Waals surface area contributed by atoms with E-state index in [1.54, 1.807) is 0 Å².